The average molecular weight is 228 g/mol. The molecule has 0 bridgehead atoms. The molecule has 2 unspecified atom stereocenters. The summed E-state index contributed by atoms with van der Waals surface area (Å²) in [4.78, 5) is 15.5. The van der Waals surface area contributed by atoms with Crippen molar-refractivity contribution in [2.24, 2.45) is 5.92 Å². The van der Waals surface area contributed by atoms with Gasteiger partial charge in [-0.3, -0.25) is 9.69 Å². The van der Waals surface area contributed by atoms with Crippen LogP contribution in [0.25, 0.3) is 0 Å². The zero-order valence-corrected chi connectivity index (χ0v) is 10.8. The van der Waals surface area contributed by atoms with Crippen molar-refractivity contribution in [3.05, 3.63) is 0 Å². The molecule has 0 aliphatic carbocycles. The Balaban J connectivity index is 2.54. The standard InChI is InChI=1S/C12H24N2O2/c1-9(2)11(12(15)16)14(4)8-10-6-5-7-13(10)3/h9-11H,5-8H2,1-4H3,(H,15,16). The van der Waals surface area contributed by atoms with Crippen LogP contribution in [0.3, 0.4) is 0 Å². The molecular formula is C12H24N2O2. The fourth-order valence-electron chi connectivity index (χ4n) is 2.64. The van der Waals surface area contributed by atoms with E-state index in [9.17, 15) is 9.90 Å². The molecule has 1 rings (SSSR count). The molecule has 1 N–H and O–H groups in total. The van der Waals surface area contributed by atoms with Crippen LogP contribution in [0.5, 0.6) is 0 Å². The highest BCUT2D eigenvalue weighted by atomic mass is 16.4. The van der Waals surface area contributed by atoms with Gasteiger partial charge >= 0.3 is 5.97 Å². The van der Waals surface area contributed by atoms with Gasteiger partial charge in [-0.2, -0.15) is 0 Å². The van der Waals surface area contributed by atoms with Gasteiger partial charge < -0.3 is 10.0 Å². The highest BCUT2D eigenvalue weighted by Gasteiger charge is 2.30. The normalized spacial score (nSPS) is 24.2. The van der Waals surface area contributed by atoms with Gasteiger partial charge in [-0.15, -0.1) is 0 Å². The number of carboxylic acid groups (broad SMARTS) is 1. The summed E-state index contributed by atoms with van der Waals surface area (Å²) in [6.45, 7) is 5.92. The number of carbonyl (C=O) groups is 1. The second-order valence-electron chi connectivity index (χ2n) is 5.24. The fourth-order valence-corrected chi connectivity index (χ4v) is 2.64. The molecule has 0 amide bonds. The lowest BCUT2D eigenvalue weighted by atomic mass is 10.0. The fraction of sp³-hybridized carbons (Fsp3) is 0.917. The third-order valence-corrected chi connectivity index (χ3v) is 3.53. The van der Waals surface area contributed by atoms with Gasteiger partial charge in [0.2, 0.25) is 0 Å². The van der Waals surface area contributed by atoms with E-state index >= 15 is 0 Å². The van der Waals surface area contributed by atoms with Crippen molar-refractivity contribution in [1.29, 1.82) is 0 Å². The number of rotatable bonds is 5. The Hall–Kier alpha value is -0.610. The molecule has 0 radical (unpaired) electrons. The zero-order chi connectivity index (χ0) is 12.3. The minimum absolute atomic E-state index is 0.147. The van der Waals surface area contributed by atoms with E-state index in [1.807, 2.05) is 25.8 Å². The van der Waals surface area contributed by atoms with Crippen molar-refractivity contribution < 1.29 is 9.90 Å². The minimum atomic E-state index is -0.710. The first kappa shape index (κ1) is 13.5. The van der Waals surface area contributed by atoms with Gasteiger partial charge in [0.1, 0.15) is 6.04 Å². The molecule has 4 heteroatoms. The summed E-state index contributed by atoms with van der Waals surface area (Å²) in [5, 5.41) is 9.20. The number of hydrogen-bond acceptors (Lipinski definition) is 3. The molecule has 1 saturated heterocycles. The van der Waals surface area contributed by atoms with Crippen LogP contribution in [-0.4, -0.2) is 60.1 Å². The topological polar surface area (TPSA) is 43.8 Å². The van der Waals surface area contributed by atoms with E-state index in [-0.39, 0.29) is 12.0 Å². The number of likely N-dealkylation sites (N-methyl/N-ethyl adjacent to an activating group) is 2. The van der Waals surface area contributed by atoms with Crippen molar-refractivity contribution in [2.45, 2.75) is 38.8 Å². The number of likely N-dealkylation sites (tertiary alicyclic amines) is 1. The second kappa shape index (κ2) is 5.64. The molecular weight excluding hydrogens is 204 g/mol. The van der Waals surface area contributed by atoms with Crippen molar-refractivity contribution >= 4 is 5.97 Å². The Morgan fingerprint density at radius 2 is 2.19 bits per heavy atom. The van der Waals surface area contributed by atoms with Gasteiger partial charge in [0, 0.05) is 12.6 Å². The monoisotopic (exact) mass is 228 g/mol. The first-order chi connectivity index (χ1) is 7.43. The average Bonchev–Trinajstić information content (AvgIpc) is 2.50. The Morgan fingerprint density at radius 3 is 2.56 bits per heavy atom. The Morgan fingerprint density at radius 1 is 1.56 bits per heavy atom. The maximum atomic E-state index is 11.2. The summed E-state index contributed by atoms with van der Waals surface area (Å²) in [5.41, 5.74) is 0. The quantitative estimate of drug-likeness (QED) is 0.766. The van der Waals surface area contributed by atoms with E-state index in [2.05, 4.69) is 11.9 Å². The van der Waals surface area contributed by atoms with Gasteiger partial charge in [0.25, 0.3) is 0 Å². The Kier molecular flexibility index (Phi) is 4.74. The Labute approximate surface area is 98.2 Å². The third kappa shape index (κ3) is 3.19. The number of hydrogen-bond donors (Lipinski definition) is 1. The second-order valence-corrected chi connectivity index (χ2v) is 5.24. The molecule has 1 heterocycles. The molecule has 0 spiro atoms. The highest BCUT2D eigenvalue weighted by Crippen LogP contribution is 2.18. The SMILES string of the molecule is CC(C)C(C(=O)O)N(C)CC1CCCN1C. The first-order valence-corrected chi connectivity index (χ1v) is 6.06. The van der Waals surface area contributed by atoms with Crippen LogP contribution < -0.4 is 0 Å². The molecule has 94 valence electrons. The van der Waals surface area contributed by atoms with Gasteiger partial charge in [-0.1, -0.05) is 13.8 Å². The van der Waals surface area contributed by atoms with Crippen LogP contribution in [0.4, 0.5) is 0 Å². The van der Waals surface area contributed by atoms with Crippen LogP contribution in [0.2, 0.25) is 0 Å². The zero-order valence-electron chi connectivity index (χ0n) is 10.8. The van der Waals surface area contributed by atoms with Crippen molar-refractivity contribution in [3.8, 4) is 0 Å². The Bertz CT molecular complexity index is 243. The summed E-state index contributed by atoms with van der Waals surface area (Å²) in [5.74, 6) is -0.563. The summed E-state index contributed by atoms with van der Waals surface area (Å²) >= 11 is 0. The first-order valence-electron chi connectivity index (χ1n) is 6.06. The molecule has 0 saturated carbocycles. The van der Waals surface area contributed by atoms with Crippen molar-refractivity contribution in [3.63, 3.8) is 0 Å². The number of aliphatic carboxylic acids is 1. The smallest absolute Gasteiger partial charge is 0.321 e. The van der Waals surface area contributed by atoms with E-state index in [0.29, 0.717) is 6.04 Å². The van der Waals surface area contributed by atoms with Gasteiger partial charge in [0.05, 0.1) is 0 Å². The van der Waals surface area contributed by atoms with Crippen molar-refractivity contribution in [2.75, 3.05) is 27.2 Å². The molecule has 1 aliphatic rings. The molecule has 2 atom stereocenters. The molecule has 16 heavy (non-hydrogen) atoms. The molecule has 1 aliphatic heterocycles. The lowest BCUT2D eigenvalue weighted by molar-refractivity contribution is -0.144. The van der Waals surface area contributed by atoms with Gasteiger partial charge in [0.15, 0.2) is 0 Å². The van der Waals surface area contributed by atoms with E-state index in [4.69, 9.17) is 0 Å². The predicted molar refractivity (Wildman–Crippen MR) is 64.5 cm³/mol. The summed E-state index contributed by atoms with van der Waals surface area (Å²) < 4.78 is 0. The van der Waals surface area contributed by atoms with E-state index < -0.39 is 5.97 Å². The third-order valence-electron chi connectivity index (χ3n) is 3.53. The summed E-state index contributed by atoms with van der Waals surface area (Å²) in [6.07, 6.45) is 2.42. The van der Waals surface area contributed by atoms with Crippen molar-refractivity contribution in [1.82, 2.24) is 9.80 Å². The molecule has 4 nitrogen and oxygen atoms in total. The lowest BCUT2D eigenvalue weighted by Gasteiger charge is -2.31. The highest BCUT2D eigenvalue weighted by molar-refractivity contribution is 5.73. The van der Waals surface area contributed by atoms with Crippen LogP contribution in [0.1, 0.15) is 26.7 Å². The summed E-state index contributed by atoms with van der Waals surface area (Å²) in [7, 11) is 4.04. The van der Waals surface area contributed by atoms with Gasteiger partial charge in [-0.25, -0.2) is 0 Å². The summed E-state index contributed by atoms with van der Waals surface area (Å²) in [6, 6.07) is 0.152. The van der Waals surface area contributed by atoms with Crippen LogP contribution in [-0.2, 0) is 4.79 Å². The van der Waals surface area contributed by atoms with Crippen LogP contribution >= 0.6 is 0 Å². The number of nitrogens with zero attached hydrogens (tertiary/aromatic N) is 2. The molecule has 0 aromatic carbocycles. The minimum Gasteiger partial charge on any atom is -0.480 e. The molecule has 0 aromatic heterocycles. The van der Waals surface area contributed by atoms with Crippen LogP contribution in [0, 0.1) is 5.92 Å². The largest absolute Gasteiger partial charge is 0.480 e. The van der Waals surface area contributed by atoms with Crippen LogP contribution in [0.15, 0.2) is 0 Å². The predicted octanol–water partition coefficient (Wildman–Crippen LogP) is 1.12. The van der Waals surface area contributed by atoms with Gasteiger partial charge in [-0.05, 0) is 39.4 Å². The molecule has 1 fully saturated rings. The molecule has 0 aromatic rings. The van der Waals surface area contributed by atoms with E-state index in [1.54, 1.807) is 0 Å². The van der Waals surface area contributed by atoms with E-state index in [0.717, 1.165) is 13.1 Å². The lowest BCUT2D eigenvalue weighted by Crippen LogP contribution is -2.47. The maximum Gasteiger partial charge on any atom is 0.321 e. The number of carboxylic acids is 1. The van der Waals surface area contributed by atoms with E-state index in [1.165, 1.54) is 12.8 Å². The maximum absolute atomic E-state index is 11.2.